The summed E-state index contributed by atoms with van der Waals surface area (Å²) in [6.07, 6.45) is 7.43. The Morgan fingerprint density at radius 2 is 1.91 bits per heavy atom. The standard InChI is InChI=1S/C17H22N2O2S/c1-12-3-6-14(7-4-12)22(20,21)19-18-16-11-13-5-8-15(16)17(13)9-2-10-17/h3-4,6-7,13,15,19H,2,5,8-11H2,1H3/b18-16-/t13-,15+/m0/s1. The lowest BCUT2D eigenvalue weighted by Gasteiger charge is -2.42. The van der Waals surface area contributed by atoms with Gasteiger partial charge < -0.3 is 0 Å². The predicted molar refractivity (Wildman–Crippen MR) is 86.1 cm³/mol. The fourth-order valence-corrected chi connectivity index (χ4v) is 5.62. The maximum absolute atomic E-state index is 12.3. The molecule has 3 saturated carbocycles. The fourth-order valence-electron chi connectivity index (χ4n) is 4.78. The van der Waals surface area contributed by atoms with Gasteiger partial charge in [0.1, 0.15) is 0 Å². The second kappa shape index (κ2) is 4.82. The summed E-state index contributed by atoms with van der Waals surface area (Å²) >= 11 is 0. The highest BCUT2D eigenvalue weighted by molar-refractivity contribution is 7.89. The first-order chi connectivity index (χ1) is 10.5. The molecule has 0 amide bonds. The topological polar surface area (TPSA) is 58.5 Å². The molecule has 2 bridgehead atoms. The minimum absolute atomic E-state index is 0.281. The Labute approximate surface area is 132 Å². The highest BCUT2D eigenvalue weighted by Crippen LogP contribution is 2.65. The minimum Gasteiger partial charge on any atom is -0.200 e. The largest absolute Gasteiger partial charge is 0.276 e. The van der Waals surface area contributed by atoms with Crippen LogP contribution in [-0.2, 0) is 10.0 Å². The molecule has 0 aromatic heterocycles. The normalized spacial score (nSPS) is 30.7. The first kappa shape index (κ1) is 14.2. The van der Waals surface area contributed by atoms with Crippen LogP contribution in [0.25, 0.3) is 0 Å². The van der Waals surface area contributed by atoms with Crippen molar-refractivity contribution in [3.8, 4) is 0 Å². The van der Waals surface area contributed by atoms with Crippen LogP contribution in [0, 0.1) is 24.2 Å². The maximum atomic E-state index is 12.3. The van der Waals surface area contributed by atoms with E-state index in [0.29, 0.717) is 11.3 Å². The molecule has 3 aliphatic carbocycles. The van der Waals surface area contributed by atoms with Crippen molar-refractivity contribution in [2.45, 2.75) is 50.3 Å². The first-order valence-corrected chi connectivity index (χ1v) is 9.64. The molecule has 4 rings (SSSR count). The average molecular weight is 318 g/mol. The highest BCUT2D eigenvalue weighted by atomic mass is 32.2. The monoisotopic (exact) mass is 318 g/mol. The molecule has 118 valence electrons. The fraction of sp³-hybridized carbons (Fsp3) is 0.588. The van der Waals surface area contributed by atoms with E-state index in [4.69, 9.17) is 0 Å². The van der Waals surface area contributed by atoms with Crippen LogP contribution in [0.4, 0.5) is 0 Å². The Morgan fingerprint density at radius 3 is 2.50 bits per heavy atom. The van der Waals surface area contributed by atoms with E-state index in [1.54, 1.807) is 12.1 Å². The molecule has 1 aromatic rings. The summed E-state index contributed by atoms with van der Waals surface area (Å²) in [5.74, 6) is 1.26. The van der Waals surface area contributed by atoms with Crippen LogP contribution in [0.5, 0.6) is 0 Å². The van der Waals surface area contributed by atoms with Crippen molar-refractivity contribution in [3.63, 3.8) is 0 Å². The van der Waals surface area contributed by atoms with Crippen molar-refractivity contribution in [1.82, 2.24) is 4.83 Å². The van der Waals surface area contributed by atoms with Crippen molar-refractivity contribution < 1.29 is 8.42 Å². The Kier molecular flexibility index (Phi) is 3.12. The molecule has 3 fully saturated rings. The van der Waals surface area contributed by atoms with Crippen molar-refractivity contribution >= 4 is 15.7 Å². The second-order valence-electron chi connectivity index (χ2n) is 7.13. The van der Waals surface area contributed by atoms with Gasteiger partial charge >= 0.3 is 0 Å². The lowest BCUT2D eigenvalue weighted by atomic mass is 9.62. The van der Waals surface area contributed by atoms with Gasteiger partial charge in [-0.05, 0) is 62.5 Å². The maximum Gasteiger partial charge on any atom is 0.276 e. The Bertz CT molecular complexity index is 718. The van der Waals surface area contributed by atoms with Gasteiger partial charge in [-0.3, -0.25) is 0 Å². The van der Waals surface area contributed by atoms with Crippen LogP contribution in [0.2, 0.25) is 0 Å². The molecule has 0 radical (unpaired) electrons. The van der Waals surface area contributed by atoms with Crippen LogP contribution in [-0.4, -0.2) is 14.1 Å². The second-order valence-corrected chi connectivity index (χ2v) is 8.79. The summed E-state index contributed by atoms with van der Waals surface area (Å²) in [7, 11) is -3.54. The molecule has 0 aliphatic heterocycles. The molecule has 3 aliphatic rings. The summed E-state index contributed by atoms with van der Waals surface area (Å²) in [5, 5.41) is 4.33. The summed E-state index contributed by atoms with van der Waals surface area (Å²) in [4.78, 5) is 2.75. The minimum atomic E-state index is -3.54. The Hall–Kier alpha value is -1.36. The van der Waals surface area contributed by atoms with Gasteiger partial charge in [-0.15, -0.1) is 0 Å². The first-order valence-electron chi connectivity index (χ1n) is 8.16. The van der Waals surface area contributed by atoms with Crippen LogP contribution in [0.15, 0.2) is 34.3 Å². The Morgan fingerprint density at radius 1 is 1.18 bits per heavy atom. The predicted octanol–water partition coefficient (Wildman–Crippen LogP) is 3.23. The summed E-state index contributed by atoms with van der Waals surface area (Å²) in [5.41, 5.74) is 2.62. The average Bonchev–Trinajstić information content (AvgIpc) is 2.98. The van der Waals surface area contributed by atoms with Crippen molar-refractivity contribution in [2.24, 2.45) is 22.4 Å². The number of rotatable bonds is 3. The number of hydrogen-bond acceptors (Lipinski definition) is 3. The highest BCUT2D eigenvalue weighted by Gasteiger charge is 2.59. The zero-order valence-electron chi connectivity index (χ0n) is 12.9. The summed E-state index contributed by atoms with van der Waals surface area (Å²) in [6, 6.07) is 6.88. The van der Waals surface area contributed by atoms with E-state index in [2.05, 4.69) is 9.93 Å². The molecule has 0 unspecified atom stereocenters. The lowest BCUT2D eigenvalue weighted by molar-refractivity contribution is 0.0787. The molecular weight excluding hydrogens is 296 g/mol. The smallest absolute Gasteiger partial charge is 0.200 e. The Balaban J connectivity index is 1.54. The number of hydrazone groups is 1. The van der Waals surface area contributed by atoms with Crippen molar-refractivity contribution in [3.05, 3.63) is 29.8 Å². The molecular formula is C17H22N2O2S. The molecule has 4 nitrogen and oxygen atoms in total. The number of benzene rings is 1. The molecule has 0 saturated heterocycles. The lowest BCUT2D eigenvalue weighted by Crippen LogP contribution is -2.35. The zero-order chi connectivity index (χ0) is 15.4. The van der Waals surface area contributed by atoms with E-state index in [1.165, 1.54) is 32.1 Å². The van der Waals surface area contributed by atoms with Gasteiger partial charge in [-0.25, -0.2) is 4.83 Å². The third-order valence-corrected chi connectivity index (χ3v) is 7.32. The number of nitrogens with zero attached hydrogens (tertiary/aromatic N) is 1. The van der Waals surface area contributed by atoms with Crippen LogP contribution < -0.4 is 4.83 Å². The van der Waals surface area contributed by atoms with Gasteiger partial charge in [0.15, 0.2) is 0 Å². The number of sulfonamides is 1. The SMILES string of the molecule is Cc1ccc(S(=O)(=O)N/N=C2/C[C@@H]3CC[C@H]2C32CCC2)cc1. The molecule has 1 aromatic carbocycles. The van der Waals surface area contributed by atoms with Crippen LogP contribution in [0.1, 0.15) is 44.1 Å². The van der Waals surface area contributed by atoms with Crippen LogP contribution in [0.3, 0.4) is 0 Å². The van der Waals surface area contributed by atoms with E-state index in [1.807, 2.05) is 19.1 Å². The van der Waals surface area contributed by atoms with E-state index < -0.39 is 10.0 Å². The van der Waals surface area contributed by atoms with Gasteiger partial charge in [0.05, 0.1) is 4.90 Å². The van der Waals surface area contributed by atoms with E-state index in [0.717, 1.165) is 23.6 Å². The van der Waals surface area contributed by atoms with Gasteiger partial charge in [0.25, 0.3) is 10.0 Å². The summed E-state index contributed by atoms with van der Waals surface area (Å²) in [6.45, 7) is 1.94. The number of nitrogens with one attached hydrogen (secondary N) is 1. The quantitative estimate of drug-likeness (QED) is 0.870. The number of hydrogen-bond donors (Lipinski definition) is 1. The molecule has 5 heteroatoms. The number of aryl methyl sites for hydroxylation is 1. The third-order valence-electron chi connectivity index (χ3n) is 6.09. The molecule has 22 heavy (non-hydrogen) atoms. The molecule has 1 spiro atoms. The molecule has 1 N–H and O–H groups in total. The van der Waals surface area contributed by atoms with Gasteiger partial charge in [0, 0.05) is 11.6 Å². The zero-order valence-corrected chi connectivity index (χ0v) is 13.7. The van der Waals surface area contributed by atoms with E-state index in [9.17, 15) is 8.42 Å². The van der Waals surface area contributed by atoms with E-state index in [-0.39, 0.29) is 4.90 Å². The summed E-state index contributed by atoms with van der Waals surface area (Å²) < 4.78 is 24.7. The van der Waals surface area contributed by atoms with Gasteiger partial charge in [-0.1, -0.05) is 24.1 Å². The molecule has 0 heterocycles. The van der Waals surface area contributed by atoms with Gasteiger partial charge in [-0.2, -0.15) is 13.5 Å². The molecule has 2 atom stereocenters. The van der Waals surface area contributed by atoms with Crippen molar-refractivity contribution in [1.29, 1.82) is 0 Å². The third kappa shape index (κ3) is 2.02. The van der Waals surface area contributed by atoms with Crippen LogP contribution >= 0.6 is 0 Å². The van der Waals surface area contributed by atoms with E-state index >= 15 is 0 Å². The van der Waals surface area contributed by atoms with Crippen molar-refractivity contribution in [2.75, 3.05) is 0 Å². The van der Waals surface area contributed by atoms with Gasteiger partial charge in [0.2, 0.25) is 0 Å².